The molecule has 19 heavy (non-hydrogen) atoms. The van der Waals surface area contributed by atoms with Gasteiger partial charge >= 0.3 is 0 Å². The highest BCUT2D eigenvalue weighted by molar-refractivity contribution is 5.51. The van der Waals surface area contributed by atoms with Crippen LogP contribution in [0, 0.1) is 13.8 Å². The third kappa shape index (κ3) is 2.57. The molecule has 0 saturated heterocycles. The molecule has 0 amide bonds. The molecule has 0 aliphatic rings. The predicted molar refractivity (Wildman–Crippen MR) is 71.8 cm³/mol. The average Bonchev–Trinajstić information content (AvgIpc) is 2.31. The Morgan fingerprint density at radius 2 is 1.05 bits per heavy atom. The van der Waals surface area contributed by atoms with Crippen LogP contribution in [0.15, 0.2) is 24.3 Å². The smallest absolute Gasteiger partial charge is 0.122 e. The maximum Gasteiger partial charge on any atom is 0.122 e. The molecule has 0 saturated carbocycles. The number of hydrogen-bond acceptors (Lipinski definition) is 4. The van der Waals surface area contributed by atoms with E-state index in [0.29, 0.717) is 22.3 Å². The van der Waals surface area contributed by atoms with Crippen molar-refractivity contribution in [2.24, 2.45) is 0 Å². The van der Waals surface area contributed by atoms with Crippen LogP contribution in [0.25, 0.3) is 0 Å². The molecule has 0 fully saturated rings. The molecule has 0 radical (unpaired) electrons. The van der Waals surface area contributed by atoms with Crippen molar-refractivity contribution in [1.82, 2.24) is 0 Å². The van der Waals surface area contributed by atoms with Crippen LogP contribution in [0.3, 0.4) is 0 Å². The van der Waals surface area contributed by atoms with Crippen LogP contribution in [-0.4, -0.2) is 20.4 Å². The van der Waals surface area contributed by atoms with Gasteiger partial charge in [0.1, 0.15) is 23.0 Å². The first kappa shape index (κ1) is 13.1. The van der Waals surface area contributed by atoms with E-state index in [-0.39, 0.29) is 29.4 Å². The monoisotopic (exact) mass is 260 g/mol. The zero-order valence-electron chi connectivity index (χ0n) is 10.8. The van der Waals surface area contributed by atoms with E-state index < -0.39 is 0 Å². The summed E-state index contributed by atoms with van der Waals surface area (Å²) in [6.07, 6.45) is 0.224. The van der Waals surface area contributed by atoms with E-state index >= 15 is 0 Å². The minimum Gasteiger partial charge on any atom is -0.508 e. The van der Waals surface area contributed by atoms with Gasteiger partial charge in [-0.2, -0.15) is 0 Å². The second-order valence-electron chi connectivity index (χ2n) is 4.72. The summed E-state index contributed by atoms with van der Waals surface area (Å²) in [4.78, 5) is 0. The number of phenols is 4. The minimum atomic E-state index is 0.0571. The Morgan fingerprint density at radius 3 is 1.42 bits per heavy atom. The van der Waals surface area contributed by atoms with Gasteiger partial charge < -0.3 is 20.4 Å². The van der Waals surface area contributed by atoms with E-state index in [2.05, 4.69) is 0 Å². The molecule has 4 heteroatoms. The molecule has 0 aromatic heterocycles. The van der Waals surface area contributed by atoms with Crippen LogP contribution >= 0.6 is 0 Å². The van der Waals surface area contributed by atoms with Crippen molar-refractivity contribution in [1.29, 1.82) is 0 Å². The molecule has 2 aromatic carbocycles. The summed E-state index contributed by atoms with van der Waals surface area (Å²) in [5.74, 6) is 0.278. The highest BCUT2D eigenvalue weighted by Gasteiger charge is 2.12. The van der Waals surface area contributed by atoms with Gasteiger partial charge in [-0.3, -0.25) is 0 Å². The van der Waals surface area contributed by atoms with Crippen molar-refractivity contribution < 1.29 is 20.4 Å². The Kier molecular flexibility index (Phi) is 3.25. The van der Waals surface area contributed by atoms with Gasteiger partial charge in [0, 0.05) is 17.5 Å². The Bertz CT molecular complexity index is 577. The molecular weight excluding hydrogens is 244 g/mol. The second-order valence-corrected chi connectivity index (χ2v) is 4.72. The molecular formula is C15H16O4. The van der Waals surface area contributed by atoms with Crippen LogP contribution in [0.5, 0.6) is 23.0 Å². The van der Waals surface area contributed by atoms with E-state index in [1.807, 2.05) is 0 Å². The largest absolute Gasteiger partial charge is 0.508 e. The summed E-state index contributed by atoms with van der Waals surface area (Å²) in [7, 11) is 0. The average molecular weight is 260 g/mol. The van der Waals surface area contributed by atoms with Crippen LogP contribution in [0.2, 0.25) is 0 Å². The van der Waals surface area contributed by atoms with Gasteiger partial charge in [0.25, 0.3) is 0 Å². The summed E-state index contributed by atoms with van der Waals surface area (Å²) < 4.78 is 0. The molecule has 2 aromatic rings. The van der Waals surface area contributed by atoms with E-state index in [1.165, 1.54) is 24.3 Å². The van der Waals surface area contributed by atoms with Gasteiger partial charge in [-0.25, -0.2) is 0 Å². The van der Waals surface area contributed by atoms with Crippen molar-refractivity contribution in [3.05, 3.63) is 46.5 Å². The van der Waals surface area contributed by atoms with E-state index in [1.54, 1.807) is 13.8 Å². The number of aromatic hydroxyl groups is 4. The maximum absolute atomic E-state index is 9.96. The highest BCUT2D eigenvalue weighted by Crippen LogP contribution is 2.33. The number of hydrogen-bond donors (Lipinski definition) is 4. The molecule has 0 bridgehead atoms. The first-order valence-electron chi connectivity index (χ1n) is 5.91. The number of rotatable bonds is 2. The van der Waals surface area contributed by atoms with Gasteiger partial charge in [-0.05, 0) is 49.2 Å². The summed E-state index contributed by atoms with van der Waals surface area (Å²) in [5.41, 5.74) is 2.12. The number of benzene rings is 2. The molecule has 0 aliphatic heterocycles. The lowest BCUT2D eigenvalue weighted by atomic mass is 9.98. The van der Waals surface area contributed by atoms with Crippen LogP contribution < -0.4 is 0 Å². The van der Waals surface area contributed by atoms with Crippen molar-refractivity contribution in [3.63, 3.8) is 0 Å². The van der Waals surface area contributed by atoms with Crippen molar-refractivity contribution in [2.45, 2.75) is 20.3 Å². The van der Waals surface area contributed by atoms with E-state index in [4.69, 9.17) is 0 Å². The molecule has 0 heterocycles. The summed E-state index contributed by atoms with van der Waals surface area (Å²) in [6.45, 7) is 3.37. The first-order valence-corrected chi connectivity index (χ1v) is 5.91. The topological polar surface area (TPSA) is 80.9 Å². The van der Waals surface area contributed by atoms with Crippen molar-refractivity contribution >= 4 is 0 Å². The molecule has 4 N–H and O–H groups in total. The predicted octanol–water partition coefficient (Wildman–Crippen LogP) is 2.72. The molecule has 2 rings (SSSR count). The number of phenolic OH excluding ortho intramolecular Hbond substituents is 4. The Labute approximate surface area is 111 Å². The molecule has 0 spiro atoms. The Balaban J connectivity index is 2.47. The quantitative estimate of drug-likeness (QED) is 0.626. The molecule has 0 atom stereocenters. The van der Waals surface area contributed by atoms with Gasteiger partial charge in [-0.1, -0.05) is 0 Å². The summed E-state index contributed by atoms with van der Waals surface area (Å²) in [5, 5.41) is 39.0. The van der Waals surface area contributed by atoms with E-state index in [0.717, 1.165) is 0 Å². The number of aryl methyl sites for hydroxylation is 2. The van der Waals surface area contributed by atoms with Gasteiger partial charge in [-0.15, -0.1) is 0 Å². The normalized spacial score (nSPS) is 10.6. The highest BCUT2D eigenvalue weighted by atomic mass is 16.3. The molecule has 0 unspecified atom stereocenters. The molecule has 4 nitrogen and oxygen atoms in total. The molecule has 0 aliphatic carbocycles. The Morgan fingerprint density at radius 1 is 0.684 bits per heavy atom. The molecule has 100 valence electrons. The lowest BCUT2D eigenvalue weighted by molar-refractivity contribution is 0.445. The fourth-order valence-electron chi connectivity index (χ4n) is 2.14. The first-order chi connectivity index (χ1) is 8.88. The summed E-state index contributed by atoms with van der Waals surface area (Å²) in [6, 6.07) is 5.82. The second kappa shape index (κ2) is 4.72. The maximum atomic E-state index is 9.96. The van der Waals surface area contributed by atoms with Crippen LogP contribution in [0.1, 0.15) is 22.3 Å². The third-order valence-electron chi connectivity index (χ3n) is 3.11. The lowest BCUT2D eigenvalue weighted by Crippen LogP contribution is -1.93. The van der Waals surface area contributed by atoms with Crippen LogP contribution in [-0.2, 0) is 6.42 Å². The van der Waals surface area contributed by atoms with Crippen LogP contribution in [0.4, 0.5) is 0 Å². The fraction of sp³-hybridized carbons (Fsp3) is 0.200. The van der Waals surface area contributed by atoms with Crippen molar-refractivity contribution in [2.75, 3.05) is 0 Å². The lowest BCUT2D eigenvalue weighted by Gasteiger charge is -2.11. The zero-order valence-corrected chi connectivity index (χ0v) is 10.8. The van der Waals surface area contributed by atoms with Gasteiger partial charge in [0.2, 0.25) is 0 Å². The third-order valence-corrected chi connectivity index (χ3v) is 3.11. The summed E-state index contributed by atoms with van der Waals surface area (Å²) >= 11 is 0. The SMILES string of the molecule is Cc1cc(O)cc(Cc2cc(O)cc(C)c2O)c1O. The zero-order chi connectivity index (χ0) is 14.2. The minimum absolute atomic E-state index is 0.0571. The van der Waals surface area contributed by atoms with Gasteiger partial charge in [0.05, 0.1) is 0 Å². The van der Waals surface area contributed by atoms with Gasteiger partial charge in [0.15, 0.2) is 0 Å². The Hall–Kier alpha value is -2.36. The fourth-order valence-corrected chi connectivity index (χ4v) is 2.14. The standard InChI is InChI=1S/C15H16O4/c1-8-3-12(16)6-10(14(8)18)5-11-7-13(17)4-9(2)15(11)19/h3-4,6-7,16-19H,5H2,1-2H3. The van der Waals surface area contributed by atoms with E-state index in [9.17, 15) is 20.4 Å². The van der Waals surface area contributed by atoms with Crippen molar-refractivity contribution in [3.8, 4) is 23.0 Å².